The van der Waals surface area contributed by atoms with E-state index in [0.717, 1.165) is 0 Å². The molecule has 2 N–H and O–H groups in total. The third kappa shape index (κ3) is 3.03. The van der Waals surface area contributed by atoms with Crippen LogP contribution in [0, 0.1) is 11.8 Å². The van der Waals surface area contributed by atoms with E-state index in [1.165, 1.54) is 12.1 Å². The smallest absolute Gasteiger partial charge is 0.311 e. The lowest BCUT2D eigenvalue weighted by molar-refractivity contribution is -0.138. The Labute approximate surface area is 88.4 Å². The Hall–Kier alpha value is -1.95. The fourth-order valence-corrected chi connectivity index (χ4v) is 1.26. The van der Waals surface area contributed by atoms with Gasteiger partial charge in [-0.05, 0) is 24.6 Å². The zero-order valence-electron chi connectivity index (χ0n) is 8.40. The molecular weight excluding hydrogens is 192 g/mol. The third-order valence-corrected chi connectivity index (χ3v) is 2.08. The summed E-state index contributed by atoms with van der Waals surface area (Å²) in [6.45, 7) is 1.68. The van der Waals surface area contributed by atoms with E-state index in [9.17, 15) is 4.79 Å². The largest absolute Gasteiger partial charge is 0.508 e. The summed E-state index contributed by atoms with van der Waals surface area (Å²) in [6, 6.07) is 6.16. The molecule has 0 aliphatic carbocycles. The van der Waals surface area contributed by atoms with Crippen molar-refractivity contribution in [3.8, 4) is 17.6 Å². The summed E-state index contributed by atoms with van der Waals surface area (Å²) in [7, 11) is 0. The Kier molecular flexibility index (Phi) is 3.75. The van der Waals surface area contributed by atoms with E-state index in [4.69, 9.17) is 10.2 Å². The molecule has 3 nitrogen and oxygen atoms in total. The summed E-state index contributed by atoms with van der Waals surface area (Å²) in [4.78, 5) is 11.0. The van der Waals surface area contributed by atoms with Gasteiger partial charge in [0.05, 0.1) is 5.92 Å². The highest BCUT2D eigenvalue weighted by atomic mass is 16.4. The van der Waals surface area contributed by atoms with Gasteiger partial charge in [0.15, 0.2) is 0 Å². The summed E-state index contributed by atoms with van der Waals surface area (Å²) in [5.74, 6) is 4.02. The fourth-order valence-electron chi connectivity index (χ4n) is 1.26. The molecular formula is C12H12O3. The zero-order valence-corrected chi connectivity index (χ0v) is 8.40. The molecule has 1 aromatic rings. The summed E-state index contributed by atoms with van der Waals surface area (Å²) < 4.78 is 0. The first-order valence-electron chi connectivity index (χ1n) is 4.56. The number of carboxylic acid groups (broad SMARTS) is 1. The number of benzene rings is 1. The fraction of sp³-hybridized carbons (Fsp3) is 0.250. The van der Waals surface area contributed by atoms with Crippen LogP contribution in [0.3, 0.4) is 0 Å². The van der Waals surface area contributed by atoms with Crippen molar-refractivity contribution in [2.75, 3.05) is 0 Å². The first-order chi connectivity index (χ1) is 7.15. The lowest BCUT2D eigenvalue weighted by Crippen LogP contribution is -2.10. The van der Waals surface area contributed by atoms with Crippen LogP contribution < -0.4 is 0 Å². The Morgan fingerprint density at radius 1 is 1.40 bits per heavy atom. The van der Waals surface area contributed by atoms with E-state index in [2.05, 4.69) is 11.8 Å². The summed E-state index contributed by atoms with van der Waals surface area (Å²) in [5, 5.41) is 18.1. The molecule has 0 aliphatic rings. The standard InChI is InChI=1S/C12H12O3/c1-2-3-4-11(12(14)15)9-5-7-10(13)8-6-9/h5-8,11,13H,4H2,1H3,(H,14,15). The van der Waals surface area contributed by atoms with Crippen molar-refractivity contribution in [3.05, 3.63) is 29.8 Å². The monoisotopic (exact) mass is 204 g/mol. The van der Waals surface area contributed by atoms with Gasteiger partial charge in [0.25, 0.3) is 0 Å². The van der Waals surface area contributed by atoms with E-state index < -0.39 is 11.9 Å². The Morgan fingerprint density at radius 3 is 2.47 bits per heavy atom. The first kappa shape index (κ1) is 11.1. The summed E-state index contributed by atoms with van der Waals surface area (Å²) in [6.07, 6.45) is 0.288. The minimum absolute atomic E-state index is 0.129. The van der Waals surface area contributed by atoms with Gasteiger partial charge >= 0.3 is 5.97 Å². The number of phenolic OH excluding ortho intramolecular Hbond substituents is 1. The van der Waals surface area contributed by atoms with E-state index in [1.807, 2.05) is 0 Å². The predicted molar refractivity (Wildman–Crippen MR) is 56.6 cm³/mol. The van der Waals surface area contributed by atoms with Gasteiger partial charge in [-0.1, -0.05) is 12.1 Å². The van der Waals surface area contributed by atoms with Crippen LogP contribution in [0.25, 0.3) is 0 Å². The van der Waals surface area contributed by atoms with Crippen molar-refractivity contribution >= 4 is 5.97 Å². The Morgan fingerprint density at radius 2 is 2.00 bits per heavy atom. The SMILES string of the molecule is CC#CCC(C(=O)O)c1ccc(O)cc1. The number of aromatic hydroxyl groups is 1. The molecule has 78 valence electrons. The number of hydrogen-bond donors (Lipinski definition) is 2. The third-order valence-electron chi connectivity index (χ3n) is 2.08. The molecule has 15 heavy (non-hydrogen) atoms. The maximum absolute atomic E-state index is 11.0. The maximum atomic E-state index is 11.0. The molecule has 0 aromatic heterocycles. The van der Waals surface area contributed by atoms with Crippen LogP contribution in [0.15, 0.2) is 24.3 Å². The minimum Gasteiger partial charge on any atom is -0.508 e. The van der Waals surface area contributed by atoms with Crippen LogP contribution in [-0.2, 0) is 4.79 Å². The molecule has 0 amide bonds. The molecule has 1 aromatic carbocycles. The molecule has 0 bridgehead atoms. The molecule has 0 spiro atoms. The topological polar surface area (TPSA) is 57.5 Å². The predicted octanol–water partition coefficient (Wildman–Crippen LogP) is 1.97. The molecule has 1 atom stereocenters. The highest BCUT2D eigenvalue weighted by Gasteiger charge is 2.18. The molecule has 0 heterocycles. The Balaban J connectivity index is 2.92. The molecule has 0 fully saturated rings. The number of carboxylic acids is 1. The highest BCUT2D eigenvalue weighted by molar-refractivity contribution is 5.76. The average Bonchev–Trinajstić information content (AvgIpc) is 2.21. The number of rotatable bonds is 3. The van der Waals surface area contributed by atoms with Crippen LogP contribution in [0.5, 0.6) is 5.75 Å². The van der Waals surface area contributed by atoms with Crippen molar-refractivity contribution in [1.29, 1.82) is 0 Å². The molecule has 0 saturated heterocycles. The molecule has 0 saturated carbocycles. The summed E-state index contributed by atoms with van der Waals surface area (Å²) >= 11 is 0. The van der Waals surface area contributed by atoms with Gasteiger partial charge in [-0.3, -0.25) is 4.79 Å². The normalized spacial score (nSPS) is 11.3. The van der Waals surface area contributed by atoms with Gasteiger partial charge in [0.1, 0.15) is 5.75 Å². The van der Waals surface area contributed by atoms with E-state index in [0.29, 0.717) is 5.56 Å². The van der Waals surface area contributed by atoms with Crippen molar-refractivity contribution in [3.63, 3.8) is 0 Å². The summed E-state index contributed by atoms with van der Waals surface area (Å²) in [5.41, 5.74) is 0.656. The van der Waals surface area contributed by atoms with Gasteiger partial charge in [-0.25, -0.2) is 0 Å². The van der Waals surface area contributed by atoms with Gasteiger partial charge in [0.2, 0.25) is 0 Å². The first-order valence-corrected chi connectivity index (χ1v) is 4.56. The molecule has 1 unspecified atom stereocenters. The zero-order chi connectivity index (χ0) is 11.3. The van der Waals surface area contributed by atoms with Crippen LogP contribution in [0.4, 0.5) is 0 Å². The van der Waals surface area contributed by atoms with Gasteiger partial charge < -0.3 is 10.2 Å². The molecule has 1 rings (SSSR count). The Bertz CT molecular complexity index is 395. The molecule has 0 aliphatic heterocycles. The lowest BCUT2D eigenvalue weighted by atomic mass is 9.96. The van der Waals surface area contributed by atoms with Crippen molar-refractivity contribution in [1.82, 2.24) is 0 Å². The second kappa shape index (κ2) is 5.06. The number of aliphatic carboxylic acids is 1. The van der Waals surface area contributed by atoms with Gasteiger partial charge in [-0.15, -0.1) is 11.8 Å². The second-order valence-electron chi connectivity index (χ2n) is 3.11. The van der Waals surface area contributed by atoms with Crippen LogP contribution in [0.2, 0.25) is 0 Å². The van der Waals surface area contributed by atoms with E-state index in [1.54, 1.807) is 19.1 Å². The van der Waals surface area contributed by atoms with Gasteiger partial charge in [0, 0.05) is 6.42 Å². The lowest BCUT2D eigenvalue weighted by Gasteiger charge is -2.08. The van der Waals surface area contributed by atoms with E-state index >= 15 is 0 Å². The molecule has 3 heteroatoms. The highest BCUT2D eigenvalue weighted by Crippen LogP contribution is 2.21. The van der Waals surface area contributed by atoms with Crippen molar-refractivity contribution in [2.24, 2.45) is 0 Å². The number of carbonyl (C=O) groups is 1. The average molecular weight is 204 g/mol. The van der Waals surface area contributed by atoms with Crippen molar-refractivity contribution in [2.45, 2.75) is 19.3 Å². The van der Waals surface area contributed by atoms with Crippen LogP contribution in [-0.4, -0.2) is 16.2 Å². The van der Waals surface area contributed by atoms with Crippen LogP contribution >= 0.6 is 0 Å². The second-order valence-corrected chi connectivity index (χ2v) is 3.11. The van der Waals surface area contributed by atoms with Crippen molar-refractivity contribution < 1.29 is 15.0 Å². The maximum Gasteiger partial charge on any atom is 0.311 e. The minimum atomic E-state index is -0.900. The van der Waals surface area contributed by atoms with E-state index in [-0.39, 0.29) is 12.2 Å². The number of hydrogen-bond acceptors (Lipinski definition) is 2. The quantitative estimate of drug-likeness (QED) is 0.740. The van der Waals surface area contributed by atoms with Crippen LogP contribution in [0.1, 0.15) is 24.8 Å². The number of phenols is 1. The molecule has 0 radical (unpaired) electrons. The van der Waals surface area contributed by atoms with Gasteiger partial charge in [-0.2, -0.15) is 0 Å².